The number of rotatable bonds is 3. The monoisotopic (exact) mass is 535 g/mol. The molecule has 0 amide bonds. The average Bonchev–Trinajstić information content (AvgIpc) is 3.58. The second kappa shape index (κ2) is 8.76. The SMILES string of the molecule is c1ccc(C2(c3ccccc3)c3ccccc3-c3ccc(-c4c5ccccc5nc5c4oc4ccccc45)cc32)cc1. The molecule has 0 atom stereocenters. The van der Waals surface area contributed by atoms with Crippen LogP contribution < -0.4 is 0 Å². The van der Waals surface area contributed by atoms with E-state index in [1.54, 1.807) is 0 Å². The Balaban J connectivity index is 1.43. The molecular weight excluding hydrogens is 510 g/mol. The zero-order valence-electron chi connectivity index (χ0n) is 22.8. The Morgan fingerprint density at radius 3 is 1.90 bits per heavy atom. The third kappa shape index (κ3) is 3.07. The van der Waals surface area contributed by atoms with Crippen molar-refractivity contribution in [3.8, 4) is 22.3 Å². The summed E-state index contributed by atoms with van der Waals surface area (Å²) in [5.41, 5.74) is 13.0. The maximum absolute atomic E-state index is 6.59. The minimum atomic E-state index is -0.458. The number of benzene rings is 6. The molecule has 2 nitrogen and oxygen atoms in total. The summed E-state index contributed by atoms with van der Waals surface area (Å²) in [6.45, 7) is 0. The molecule has 8 aromatic rings. The van der Waals surface area contributed by atoms with Crippen molar-refractivity contribution in [3.63, 3.8) is 0 Å². The van der Waals surface area contributed by atoms with E-state index in [0.717, 1.165) is 44.1 Å². The van der Waals surface area contributed by atoms with Crippen LogP contribution in [-0.2, 0) is 5.41 Å². The third-order valence-corrected chi connectivity index (χ3v) is 8.95. The van der Waals surface area contributed by atoms with Crippen LogP contribution in [-0.4, -0.2) is 4.98 Å². The summed E-state index contributed by atoms with van der Waals surface area (Å²) < 4.78 is 6.59. The summed E-state index contributed by atoms with van der Waals surface area (Å²) >= 11 is 0. The summed E-state index contributed by atoms with van der Waals surface area (Å²) in [7, 11) is 0. The second-order valence-electron chi connectivity index (χ2n) is 11.1. The number of aromatic nitrogens is 1. The number of para-hydroxylation sites is 2. The van der Waals surface area contributed by atoms with Gasteiger partial charge in [-0.3, -0.25) is 0 Å². The molecule has 196 valence electrons. The Labute approximate surface area is 243 Å². The molecule has 0 aliphatic heterocycles. The van der Waals surface area contributed by atoms with Gasteiger partial charge in [0, 0.05) is 16.3 Å². The number of nitrogens with zero attached hydrogens (tertiary/aromatic N) is 1. The molecule has 2 heterocycles. The van der Waals surface area contributed by atoms with E-state index in [9.17, 15) is 0 Å². The molecular formula is C40H25NO. The molecule has 0 saturated carbocycles. The van der Waals surface area contributed by atoms with Crippen LogP contribution in [0.2, 0.25) is 0 Å². The van der Waals surface area contributed by atoms with E-state index in [0.29, 0.717) is 0 Å². The zero-order valence-corrected chi connectivity index (χ0v) is 22.8. The maximum Gasteiger partial charge on any atom is 0.162 e. The first-order valence-electron chi connectivity index (χ1n) is 14.4. The fraction of sp³-hybridized carbons (Fsp3) is 0.0250. The van der Waals surface area contributed by atoms with Crippen molar-refractivity contribution in [1.82, 2.24) is 4.98 Å². The van der Waals surface area contributed by atoms with E-state index in [2.05, 4.69) is 140 Å². The first-order chi connectivity index (χ1) is 20.8. The van der Waals surface area contributed by atoms with E-state index in [4.69, 9.17) is 9.40 Å². The van der Waals surface area contributed by atoms with Crippen molar-refractivity contribution in [2.75, 3.05) is 0 Å². The number of fused-ring (bicyclic) bond motifs is 7. The molecule has 0 bridgehead atoms. The third-order valence-electron chi connectivity index (χ3n) is 8.95. The molecule has 1 aliphatic carbocycles. The van der Waals surface area contributed by atoms with Gasteiger partial charge in [-0.25, -0.2) is 4.98 Å². The van der Waals surface area contributed by atoms with Gasteiger partial charge in [0.1, 0.15) is 11.1 Å². The average molecular weight is 536 g/mol. The summed E-state index contributed by atoms with van der Waals surface area (Å²) in [5, 5.41) is 2.13. The molecule has 9 rings (SSSR count). The minimum absolute atomic E-state index is 0.458. The minimum Gasteiger partial charge on any atom is -0.454 e. The Hall–Kier alpha value is -5.47. The van der Waals surface area contributed by atoms with Gasteiger partial charge < -0.3 is 4.42 Å². The lowest BCUT2D eigenvalue weighted by Gasteiger charge is -2.34. The van der Waals surface area contributed by atoms with Crippen LogP contribution in [0.1, 0.15) is 22.3 Å². The predicted molar refractivity (Wildman–Crippen MR) is 172 cm³/mol. The van der Waals surface area contributed by atoms with Crippen molar-refractivity contribution in [2.45, 2.75) is 5.41 Å². The van der Waals surface area contributed by atoms with Gasteiger partial charge in [-0.15, -0.1) is 0 Å². The topological polar surface area (TPSA) is 26.0 Å². The molecule has 2 heteroatoms. The highest BCUT2D eigenvalue weighted by atomic mass is 16.3. The molecule has 0 spiro atoms. The van der Waals surface area contributed by atoms with Gasteiger partial charge in [-0.2, -0.15) is 0 Å². The summed E-state index contributed by atoms with van der Waals surface area (Å²) in [6, 6.07) is 54.3. The van der Waals surface area contributed by atoms with Crippen molar-refractivity contribution < 1.29 is 4.42 Å². The molecule has 42 heavy (non-hydrogen) atoms. The lowest BCUT2D eigenvalue weighted by Crippen LogP contribution is -2.28. The van der Waals surface area contributed by atoms with Crippen LogP contribution in [0.15, 0.2) is 156 Å². The second-order valence-corrected chi connectivity index (χ2v) is 11.1. The highest BCUT2D eigenvalue weighted by Gasteiger charge is 2.46. The van der Waals surface area contributed by atoms with Crippen LogP contribution in [0.25, 0.3) is 55.2 Å². The molecule has 0 fully saturated rings. The Morgan fingerprint density at radius 1 is 0.500 bits per heavy atom. The lowest BCUT2D eigenvalue weighted by atomic mass is 9.67. The molecule has 0 unspecified atom stereocenters. The van der Waals surface area contributed by atoms with Crippen LogP contribution in [0, 0.1) is 0 Å². The zero-order chi connectivity index (χ0) is 27.7. The number of hydrogen-bond donors (Lipinski definition) is 0. The summed E-state index contributed by atoms with van der Waals surface area (Å²) in [5.74, 6) is 0. The van der Waals surface area contributed by atoms with Gasteiger partial charge in [0.05, 0.1) is 10.9 Å². The van der Waals surface area contributed by atoms with E-state index >= 15 is 0 Å². The summed E-state index contributed by atoms with van der Waals surface area (Å²) in [6.07, 6.45) is 0. The van der Waals surface area contributed by atoms with Crippen molar-refractivity contribution in [3.05, 3.63) is 174 Å². The molecule has 1 aliphatic rings. The van der Waals surface area contributed by atoms with Crippen LogP contribution in [0.4, 0.5) is 0 Å². The Kier molecular flexibility index (Phi) is 4.85. The first kappa shape index (κ1) is 23.3. The van der Waals surface area contributed by atoms with Crippen LogP contribution in [0.3, 0.4) is 0 Å². The molecule has 2 aromatic heterocycles. The highest BCUT2D eigenvalue weighted by molar-refractivity contribution is 6.15. The Bertz CT molecular complexity index is 2260. The maximum atomic E-state index is 6.59. The molecule has 0 N–H and O–H groups in total. The molecule has 0 saturated heterocycles. The van der Waals surface area contributed by atoms with Gasteiger partial charge in [-0.1, -0.05) is 127 Å². The normalized spacial score (nSPS) is 13.4. The smallest absolute Gasteiger partial charge is 0.162 e. The van der Waals surface area contributed by atoms with Gasteiger partial charge in [0.15, 0.2) is 5.58 Å². The standard InChI is InChI=1S/C40H25NO/c1-3-13-27(14-4-1)40(28-15-5-2-6-16-28)33-20-10-7-17-29(33)30-24-23-26(25-34(30)40)37-31-18-8-11-21-35(31)41-38-32-19-9-12-22-36(32)42-39(37)38/h1-25H. The Morgan fingerprint density at radius 2 is 1.12 bits per heavy atom. The highest BCUT2D eigenvalue weighted by Crippen LogP contribution is 2.57. The van der Waals surface area contributed by atoms with E-state index in [1.165, 1.54) is 33.4 Å². The molecule has 0 radical (unpaired) electrons. The van der Waals surface area contributed by atoms with Crippen LogP contribution >= 0.6 is 0 Å². The van der Waals surface area contributed by atoms with E-state index < -0.39 is 5.41 Å². The van der Waals surface area contributed by atoms with E-state index in [-0.39, 0.29) is 0 Å². The lowest BCUT2D eigenvalue weighted by molar-refractivity contribution is 0.670. The fourth-order valence-corrected chi connectivity index (χ4v) is 7.22. The van der Waals surface area contributed by atoms with Gasteiger partial charge >= 0.3 is 0 Å². The van der Waals surface area contributed by atoms with Crippen molar-refractivity contribution in [1.29, 1.82) is 0 Å². The number of furan rings is 1. The van der Waals surface area contributed by atoms with Gasteiger partial charge in [0.25, 0.3) is 0 Å². The largest absolute Gasteiger partial charge is 0.454 e. The summed E-state index contributed by atoms with van der Waals surface area (Å²) in [4.78, 5) is 5.09. The quantitative estimate of drug-likeness (QED) is 0.225. The van der Waals surface area contributed by atoms with E-state index in [1.807, 2.05) is 12.1 Å². The van der Waals surface area contributed by atoms with Crippen molar-refractivity contribution >= 4 is 33.0 Å². The van der Waals surface area contributed by atoms with Crippen LogP contribution in [0.5, 0.6) is 0 Å². The first-order valence-corrected chi connectivity index (χ1v) is 14.4. The fourth-order valence-electron chi connectivity index (χ4n) is 7.22. The van der Waals surface area contributed by atoms with Gasteiger partial charge in [0.2, 0.25) is 0 Å². The number of hydrogen-bond acceptors (Lipinski definition) is 2. The number of pyridine rings is 1. The molecule has 6 aromatic carbocycles. The van der Waals surface area contributed by atoms with Crippen molar-refractivity contribution in [2.24, 2.45) is 0 Å². The predicted octanol–water partition coefficient (Wildman–Crippen LogP) is 10.2. The van der Waals surface area contributed by atoms with Gasteiger partial charge in [-0.05, 0) is 63.2 Å².